The summed E-state index contributed by atoms with van der Waals surface area (Å²) >= 11 is 0. The first-order valence-electron chi connectivity index (χ1n) is 6.65. The first-order valence-corrected chi connectivity index (χ1v) is 6.65. The van der Waals surface area contributed by atoms with E-state index in [9.17, 15) is 9.90 Å². The van der Waals surface area contributed by atoms with Gasteiger partial charge in [-0.25, -0.2) is 0 Å². The van der Waals surface area contributed by atoms with Crippen molar-refractivity contribution in [1.82, 2.24) is 0 Å². The summed E-state index contributed by atoms with van der Waals surface area (Å²) in [6, 6.07) is 9.45. The van der Waals surface area contributed by atoms with E-state index in [0.29, 0.717) is 0 Å². The molecule has 0 amide bonds. The highest BCUT2D eigenvalue weighted by Gasteiger charge is 2.34. The Balaban J connectivity index is 2.95. The van der Waals surface area contributed by atoms with Gasteiger partial charge in [0.05, 0.1) is 6.10 Å². The fourth-order valence-electron chi connectivity index (χ4n) is 2.18. The van der Waals surface area contributed by atoms with E-state index in [-0.39, 0.29) is 11.7 Å². The highest BCUT2D eigenvalue weighted by molar-refractivity contribution is 5.86. The van der Waals surface area contributed by atoms with Gasteiger partial charge < -0.3 is 5.11 Å². The van der Waals surface area contributed by atoms with Crippen LogP contribution in [0.5, 0.6) is 0 Å². The molecule has 0 radical (unpaired) electrons. The summed E-state index contributed by atoms with van der Waals surface area (Å²) in [6.45, 7) is 7.78. The molecule has 0 aliphatic carbocycles. The maximum Gasteiger partial charge on any atom is 0.144 e. The van der Waals surface area contributed by atoms with Crippen LogP contribution in [0.15, 0.2) is 30.3 Å². The predicted molar refractivity (Wildman–Crippen MR) is 74.3 cm³/mol. The Morgan fingerprint density at radius 3 is 2.22 bits per heavy atom. The minimum Gasteiger partial charge on any atom is -0.388 e. The van der Waals surface area contributed by atoms with Crippen LogP contribution in [0.2, 0.25) is 0 Å². The maximum atomic E-state index is 12.4. The van der Waals surface area contributed by atoms with Crippen molar-refractivity contribution in [2.45, 2.75) is 46.6 Å². The Morgan fingerprint density at radius 1 is 1.22 bits per heavy atom. The Morgan fingerprint density at radius 2 is 1.78 bits per heavy atom. The van der Waals surface area contributed by atoms with Crippen molar-refractivity contribution in [3.8, 4) is 0 Å². The van der Waals surface area contributed by atoms with Crippen LogP contribution >= 0.6 is 0 Å². The quantitative estimate of drug-likeness (QED) is 0.861. The summed E-state index contributed by atoms with van der Waals surface area (Å²) in [6.07, 6.45) is 0.931. The predicted octanol–water partition coefficient (Wildman–Crippen LogP) is 3.75. The molecule has 2 nitrogen and oxygen atoms in total. The van der Waals surface area contributed by atoms with Gasteiger partial charge in [0.25, 0.3) is 0 Å². The normalized spacial score (nSPS) is 15.2. The van der Waals surface area contributed by atoms with Crippen LogP contribution in [0.3, 0.4) is 0 Å². The number of hydrogen-bond donors (Lipinski definition) is 1. The van der Waals surface area contributed by atoms with E-state index >= 15 is 0 Å². The fourth-order valence-corrected chi connectivity index (χ4v) is 2.18. The van der Waals surface area contributed by atoms with Crippen LogP contribution < -0.4 is 0 Å². The van der Waals surface area contributed by atoms with Crippen LogP contribution in [0, 0.1) is 11.3 Å². The standard InChI is InChI=1S/C16H24O2/c1-5-9-13(15(18)16(2,3)4)14(17)12-10-7-6-8-11-12/h6-8,10-11,13-14,17H,5,9H2,1-4H3/t13-,14-/m1/s1. The first kappa shape index (κ1) is 14.9. The zero-order valence-electron chi connectivity index (χ0n) is 11.8. The molecule has 0 unspecified atom stereocenters. The Hall–Kier alpha value is -1.15. The maximum absolute atomic E-state index is 12.4. The monoisotopic (exact) mass is 248 g/mol. The lowest BCUT2D eigenvalue weighted by atomic mass is 9.77. The molecule has 2 atom stereocenters. The van der Waals surface area contributed by atoms with Crippen molar-refractivity contribution in [3.63, 3.8) is 0 Å². The summed E-state index contributed by atoms with van der Waals surface area (Å²) in [5.41, 5.74) is 0.420. The Bertz CT molecular complexity index is 376. The van der Waals surface area contributed by atoms with Crippen LogP contribution in [-0.4, -0.2) is 10.9 Å². The van der Waals surface area contributed by atoms with E-state index in [1.165, 1.54) is 0 Å². The molecular formula is C16H24O2. The van der Waals surface area contributed by atoms with Crippen molar-refractivity contribution >= 4 is 5.78 Å². The third-order valence-corrected chi connectivity index (χ3v) is 3.20. The number of rotatable bonds is 5. The van der Waals surface area contributed by atoms with Gasteiger partial charge in [-0.2, -0.15) is 0 Å². The molecule has 0 spiro atoms. The summed E-state index contributed by atoms with van der Waals surface area (Å²) in [5, 5.41) is 10.4. The van der Waals surface area contributed by atoms with E-state index in [1.807, 2.05) is 58.0 Å². The van der Waals surface area contributed by atoms with Crippen molar-refractivity contribution in [2.24, 2.45) is 11.3 Å². The molecule has 0 aromatic heterocycles. The van der Waals surface area contributed by atoms with E-state index in [2.05, 4.69) is 0 Å². The molecular weight excluding hydrogens is 224 g/mol. The van der Waals surface area contributed by atoms with E-state index in [0.717, 1.165) is 18.4 Å². The molecule has 1 aromatic carbocycles. The number of aliphatic hydroxyl groups is 1. The van der Waals surface area contributed by atoms with E-state index < -0.39 is 11.5 Å². The summed E-state index contributed by atoms with van der Waals surface area (Å²) in [5.74, 6) is -0.168. The average Bonchev–Trinajstić information content (AvgIpc) is 2.34. The lowest BCUT2D eigenvalue weighted by Crippen LogP contribution is -2.32. The Kier molecular flexibility index (Phi) is 5.09. The lowest BCUT2D eigenvalue weighted by molar-refractivity contribution is -0.134. The highest BCUT2D eigenvalue weighted by atomic mass is 16.3. The van der Waals surface area contributed by atoms with Crippen molar-refractivity contribution in [3.05, 3.63) is 35.9 Å². The summed E-state index contributed by atoms with van der Waals surface area (Å²) in [4.78, 5) is 12.4. The highest BCUT2D eigenvalue weighted by Crippen LogP contribution is 2.32. The van der Waals surface area contributed by atoms with Gasteiger partial charge in [-0.05, 0) is 12.0 Å². The molecule has 18 heavy (non-hydrogen) atoms. The van der Waals surface area contributed by atoms with Crippen LogP contribution in [0.1, 0.15) is 52.2 Å². The van der Waals surface area contributed by atoms with Crippen molar-refractivity contribution < 1.29 is 9.90 Å². The van der Waals surface area contributed by atoms with Gasteiger partial charge >= 0.3 is 0 Å². The van der Waals surface area contributed by atoms with E-state index in [1.54, 1.807) is 0 Å². The minimum atomic E-state index is -0.696. The zero-order chi connectivity index (χ0) is 13.8. The first-order chi connectivity index (χ1) is 8.38. The smallest absolute Gasteiger partial charge is 0.144 e. The lowest BCUT2D eigenvalue weighted by Gasteiger charge is -2.28. The molecule has 0 aliphatic heterocycles. The van der Waals surface area contributed by atoms with Crippen molar-refractivity contribution in [1.29, 1.82) is 0 Å². The average molecular weight is 248 g/mol. The number of carbonyl (C=O) groups excluding carboxylic acids is 1. The molecule has 0 bridgehead atoms. The SMILES string of the molecule is CCC[C@@H](C(=O)C(C)(C)C)[C@H](O)c1ccccc1. The molecule has 0 aliphatic rings. The largest absolute Gasteiger partial charge is 0.388 e. The number of aliphatic hydroxyl groups excluding tert-OH is 1. The topological polar surface area (TPSA) is 37.3 Å². The van der Waals surface area contributed by atoms with Crippen LogP contribution in [0.25, 0.3) is 0 Å². The minimum absolute atomic E-state index is 0.140. The molecule has 2 heteroatoms. The second-order valence-electron chi connectivity index (χ2n) is 5.86. The third-order valence-electron chi connectivity index (χ3n) is 3.20. The number of benzene rings is 1. The third kappa shape index (κ3) is 3.67. The molecule has 0 saturated heterocycles. The van der Waals surface area contributed by atoms with E-state index in [4.69, 9.17) is 0 Å². The van der Waals surface area contributed by atoms with Gasteiger partial charge in [0.2, 0.25) is 0 Å². The van der Waals surface area contributed by atoms with Crippen LogP contribution in [0.4, 0.5) is 0 Å². The van der Waals surface area contributed by atoms with Crippen LogP contribution in [-0.2, 0) is 4.79 Å². The molecule has 0 heterocycles. The summed E-state index contributed by atoms with van der Waals surface area (Å²) < 4.78 is 0. The summed E-state index contributed by atoms with van der Waals surface area (Å²) in [7, 11) is 0. The number of carbonyl (C=O) groups is 1. The number of Topliss-reactive ketones (excluding diaryl/α,β-unsaturated/α-hetero) is 1. The molecule has 0 fully saturated rings. The molecule has 1 aromatic rings. The van der Waals surface area contributed by atoms with Gasteiger partial charge in [-0.1, -0.05) is 64.4 Å². The number of ketones is 1. The number of hydrogen-bond acceptors (Lipinski definition) is 2. The second kappa shape index (κ2) is 6.14. The molecule has 1 N–H and O–H groups in total. The molecule has 100 valence electrons. The Labute approximate surface area is 110 Å². The van der Waals surface area contributed by atoms with Gasteiger partial charge in [0.15, 0.2) is 0 Å². The fraction of sp³-hybridized carbons (Fsp3) is 0.562. The second-order valence-corrected chi connectivity index (χ2v) is 5.86. The van der Waals surface area contributed by atoms with Crippen molar-refractivity contribution in [2.75, 3.05) is 0 Å². The van der Waals surface area contributed by atoms with Gasteiger partial charge in [-0.15, -0.1) is 0 Å². The van der Waals surface area contributed by atoms with Gasteiger partial charge in [-0.3, -0.25) is 4.79 Å². The van der Waals surface area contributed by atoms with Gasteiger partial charge in [0.1, 0.15) is 5.78 Å². The molecule has 0 saturated carbocycles. The molecule has 1 rings (SSSR count). The zero-order valence-corrected chi connectivity index (χ0v) is 11.8. The van der Waals surface area contributed by atoms with Gasteiger partial charge in [0, 0.05) is 11.3 Å².